The summed E-state index contributed by atoms with van der Waals surface area (Å²) >= 11 is 0. The van der Waals surface area contributed by atoms with Crippen LogP contribution in [0.4, 0.5) is 0 Å². The molecule has 0 spiro atoms. The summed E-state index contributed by atoms with van der Waals surface area (Å²) < 4.78 is 6.08. The molecule has 0 aliphatic carbocycles. The minimum atomic E-state index is 0.0763. The molecule has 0 bridgehead atoms. The Hall–Kier alpha value is -2.68. The van der Waals surface area contributed by atoms with Crippen LogP contribution in [0.3, 0.4) is 0 Å². The van der Waals surface area contributed by atoms with Crippen LogP contribution in [-0.4, -0.2) is 9.97 Å². The normalized spacial score (nSPS) is 12.1. The number of benzene rings is 1. The fourth-order valence-corrected chi connectivity index (χ4v) is 2.87. The third-order valence-corrected chi connectivity index (χ3v) is 4.19. The topological polar surface area (TPSA) is 38.9 Å². The van der Waals surface area contributed by atoms with Gasteiger partial charge in [0.2, 0.25) is 0 Å². The number of fused-ring (bicyclic) bond motifs is 3. The molecule has 4 aromatic rings. The summed E-state index contributed by atoms with van der Waals surface area (Å²) in [5.41, 5.74) is 4.88. The van der Waals surface area contributed by atoms with E-state index in [1.807, 2.05) is 36.8 Å². The molecule has 0 unspecified atom stereocenters. The van der Waals surface area contributed by atoms with Crippen LogP contribution in [0.15, 0.2) is 59.4 Å². The summed E-state index contributed by atoms with van der Waals surface area (Å²) in [6.07, 6.45) is 5.55. The van der Waals surface area contributed by atoms with Crippen molar-refractivity contribution >= 4 is 21.9 Å². The summed E-state index contributed by atoms with van der Waals surface area (Å²) in [7, 11) is 0. The van der Waals surface area contributed by atoms with E-state index in [1.165, 1.54) is 5.56 Å². The van der Waals surface area contributed by atoms with Gasteiger partial charge in [0.1, 0.15) is 11.2 Å². The smallest absolute Gasteiger partial charge is 0.147 e. The molecule has 1 aromatic carbocycles. The number of furan rings is 1. The summed E-state index contributed by atoms with van der Waals surface area (Å²) in [4.78, 5) is 8.95. The number of hydrogen-bond donors (Lipinski definition) is 0. The van der Waals surface area contributed by atoms with Crippen molar-refractivity contribution in [3.05, 3.63) is 60.6 Å². The maximum atomic E-state index is 6.08. The van der Waals surface area contributed by atoms with Crippen molar-refractivity contribution in [2.75, 3.05) is 0 Å². The zero-order chi connectivity index (χ0) is 16.0. The van der Waals surface area contributed by atoms with E-state index in [0.29, 0.717) is 0 Å². The van der Waals surface area contributed by atoms with Crippen LogP contribution < -0.4 is 0 Å². The van der Waals surface area contributed by atoms with Gasteiger partial charge in [-0.1, -0.05) is 39.0 Å². The van der Waals surface area contributed by atoms with Crippen molar-refractivity contribution in [1.29, 1.82) is 0 Å². The molecule has 0 amide bonds. The van der Waals surface area contributed by atoms with Gasteiger partial charge in [0, 0.05) is 29.4 Å². The second kappa shape index (κ2) is 4.92. The Kier molecular flexibility index (Phi) is 2.98. The molecule has 0 N–H and O–H groups in total. The van der Waals surface area contributed by atoms with E-state index in [4.69, 9.17) is 4.42 Å². The van der Waals surface area contributed by atoms with Gasteiger partial charge in [-0.05, 0) is 29.2 Å². The average Bonchev–Trinajstić information content (AvgIpc) is 2.93. The standard InChI is InChI=1S/C20H18N2O/c1-20(2,3)13-8-9-22-17(10-13)16-12-21-11-15-14-6-4-5-7-18(14)23-19(15)16/h4-12H,1-3H3. The van der Waals surface area contributed by atoms with Crippen molar-refractivity contribution in [3.8, 4) is 11.3 Å². The minimum Gasteiger partial charge on any atom is -0.455 e. The van der Waals surface area contributed by atoms with Crippen LogP contribution in [-0.2, 0) is 5.41 Å². The Morgan fingerprint density at radius 1 is 0.957 bits per heavy atom. The number of para-hydroxylation sites is 1. The Balaban J connectivity index is 1.99. The summed E-state index contributed by atoms with van der Waals surface area (Å²) in [6, 6.07) is 12.2. The second-order valence-electron chi connectivity index (χ2n) is 6.84. The molecule has 3 aromatic heterocycles. The SMILES string of the molecule is CC(C)(C)c1ccnc(-c2cncc3c2oc2ccccc23)c1. The van der Waals surface area contributed by atoms with Crippen molar-refractivity contribution in [2.24, 2.45) is 0 Å². The lowest BCUT2D eigenvalue weighted by Gasteiger charge is -2.19. The molecule has 3 heteroatoms. The first-order chi connectivity index (χ1) is 11.0. The molecule has 0 atom stereocenters. The molecule has 0 fully saturated rings. The first-order valence-corrected chi connectivity index (χ1v) is 7.76. The molecule has 0 aliphatic rings. The second-order valence-corrected chi connectivity index (χ2v) is 6.84. The largest absolute Gasteiger partial charge is 0.455 e. The highest BCUT2D eigenvalue weighted by Crippen LogP contribution is 2.35. The average molecular weight is 302 g/mol. The zero-order valence-corrected chi connectivity index (χ0v) is 13.5. The van der Waals surface area contributed by atoms with Gasteiger partial charge in [0.25, 0.3) is 0 Å². The van der Waals surface area contributed by atoms with Gasteiger partial charge >= 0.3 is 0 Å². The van der Waals surface area contributed by atoms with Crippen LogP contribution in [0, 0.1) is 0 Å². The van der Waals surface area contributed by atoms with Gasteiger partial charge in [-0.25, -0.2) is 0 Å². The lowest BCUT2D eigenvalue weighted by atomic mass is 9.87. The number of hydrogen-bond acceptors (Lipinski definition) is 3. The lowest BCUT2D eigenvalue weighted by Crippen LogP contribution is -2.11. The van der Waals surface area contributed by atoms with Crippen molar-refractivity contribution in [3.63, 3.8) is 0 Å². The molecule has 0 aliphatic heterocycles. The number of aromatic nitrogens is 2. The van der Waals surface area contributed by atoms with E-state index in [9.17, 15) is 0 Å². The van der Waals surface area contributed by atoms with Gasteiger partial charge in [-0.15, -0.1) is 0 Å². The monoisotopic (exact) mass is 302 g/mol. The molecule has 0 radical (unpaired) electrons. The third kappa shape index (κ3) is 2.29. The molecule has 3 nitrogen and oxygen atoms in total. The molecule has 0 saturated carbocycles. The first kappa shape index (κ1) is 13.9. The Bertz CT molecular complexity index is 1010. The third-order valence-electron chi connectivity index (χ3n) is 4.19. The summed E-state index contributed by atoms with van der Waals surface area (Å²) in [6.45, 7) is 6.60. The summed E-state index contributed by atoms with van der Waals surface area (Å²) in [5, 5.41) is 2.12. The highest BCUT2D eigenvalue weighted by molar-refractivity contribution is 6.08. The first-order valence-electron chi connectivity index (χ1n) is 7.76. The fraction of sp³-hybridized carbons (Fsp3) is 0.200. The highest BCUT2D eigenvalue weighted by atomic mass is 16.3. The zero-order valence-electron chi connectivity index (χ0n) is 13.5. The van der Waals surface area contributed by atoms with Crippen LogP contribution in [0.2, 0.25) is 0 Å². The van der Waals surface area contributed by atoms with Crippen LogP contribution in [0.1, 0.15) is 26.3 Å². The highest BCUT2D eigenvalue weighted by Gasteiger charge is 2.17. The van der Waals surface area contributed by atoms with E-state index in [1.54, 1.807) is 0 Å². The quantitative estimate of drug-likeness (QED) is 0.476. The van der Waals surface area contributed by atoms with Crippen LogP contribution in [0.25, 0.3) is 33.2 Å². The summed E-state index contributed by atoms with van der Waals surface area (Å²) in [5.74, 6) is 0. The molecule has 4 rings (SSSR count). The van der Waals surface area contributed by atoms with Gasteiger partial charge in [0.15, 0.2) is 0 Å². The molecule has 3 heterocycles. The number of nitrogens with zero attached hydrogens (tertiary/aromatic N) is 2. The fourth-order valence-electron chi connectivity index (χ4n) is 2.87. The number of pyridine rings is 2. The van der Waals surface area contributed by atoms with Gasteiger partial charge in [0.05, 0.1) is 11.3 Å². The van der Waals surface area contributed by atoms with Gasteiger partial charge < -0.3 is 4.42 Å². The van der Waals surface area contributed by atoms with Gasteiger partial charge in [-0.3, -0.25) is 9.97 Å². The maximum Gasteiger partial charge on any atom is 0.147 e. The van der Waals surface area contributed by atoms with E-state index in [-0.39, 0.29) is 5.41 Å². The molecule has 0 saturated heterocycles. The Labute approximate surface area is 135 Å². The Morgan fingerprint density at radius 2 is 1.78 bits per heavy atom. The lowest BCUT2D eigenvalue weighted by molar-refractivity contribution is 0.589. The predicted octanol–water partition coefficient (Wildman–Crippen LogP) is 5.34. The maximum absolute atomic E-state index is 6.08. The van der Waals surface area contributed by atoms with E-state index in [0.717, 1.165) is 33.2 Å². The molecular weight excluding hydrogens is 284 g/mol. The predicted molar refractivity (Wildman–Crippen MR) is 93.4 cm³/mol. The Morgan fingerprint density at radius 3 is 2.61 bits per heavy atom. The molecular formula is C20H18N2O. The van der Waals surface area contributed by atoms with E-state index < -0.39 is 0 Å². The molecule has 23 heavy (non-hydrogen) atoms. The van der Waals surface area contributed by atoms with Gasteiger partial charge in [-0.2, -0.15) is 0 Å². The van der Waals surface area contributed by atoms with Crippen molar-refractivity contribution in [2.45, 2.75) is 26.2 Å². The molecule has 114 valence electrons. The minimum absolute atomic E-state index is 0.0763. The van der Waals surface area contributed by atoms with E-state index in [2.05, 4.69) is 48.9 Å². The van der Waals surface area contributed by atoms with Crippen LogP contribution >= 0.6 is 0 Å². The van der Waals surface area contributed by atoms with Crippen molar-refractivity contribution < 1.29 is 4.42 Å². The number of rotatable bonds is 1. The van der Waals surface area contributed by atoms with Crippen molar-refractivity contribution in [1.82, 2.24) is 9.97 Å². The van der Waals surface area contributed by atoms with E-state index >= 15 is 0 Å². The van der Waals surface area contributed by atoms with Crippen LogP contribution in [0.5, 0.6) is 0 Å².